The molecule has 0 bridgehead atoms. The van der Waals surface area contributed by atoms with Crippen LogP contribution in [0.5, 0.6) is 0 Å². The van der Waals surface area contributed by atoms with Crippen molar-refractivity contribution in [1.29, 1.82) is 0 Å². The Morgan fingerprint density at radius 2 is 2.07 bits per heavy atom. The number of benzene rings is 1. The molecule has 3 N–H and O–H groups in total. The van der Waals surface area contributed by atoms with Gasteiger partial charge in [0.2, 0.25) is 5.91 Å². The van der Waals surface area contributed by atoms with Crippen molar-refractivity contribution in [3.63, 3.8) is 0 Å². The van der Waals surface area contributed by atoms with E-state index < -0.39 is 12.0 Å². The van der Waals surface area contributed by atoms with Gasteiger partial charge in [0.1, 0.15) is 6.54 Å². The third-order valence-electron chi connectivity index (χ3n) is 4.08. The number of thiazole rings is 1. The van der Waals surface area contributed by atoms with Gasteiger partial charge in [-0.25, -0.2) is 9.78 Å². The van der Waals surface area contributed by atoms with Crippen LogP contribution in [0.3, 0.4) is 0 Å². The number of carbonyl (C=O) groups is 2. The van der Waals surface area contributed by atoms with E-state index in [1.54, 1.807) is 0 Å². The van der Waals surface area contributed by atoms with E-state index in [0.29, 0.717) is 5.13 Å². The maximum absolute atomic E-state index is 11.7. The molecule has 144 valence electrons. The summed E-state index contributed by atoms with van der Waals surface area (Å²) < 4.78 is 5.79. The van der Waals surface area contributed by atoms with Gasteiger partial charge in [-0.2, -0.15) is 0 Å². The largest absolute Gasteiger partial charge is 0.465 e. The van der Waals surface area contributed by atoms with Gasteiger partial charge in [-0.3, -0.25) is 4.79 Å². The first-order valence-electron chi connectivity index (χ1n) is 8.63. The monoisotopic (exact) mass is 390 g/mol. The average Bonchev–Trinajstić information content (AvgIpc) is 3.08. The van der Waals surface area contributed by atoms with E-state index in [1.165, 1.54) is 11.3 Å². The second-order valence-electron chi connectivity index (χ2n) is 6.46. The molecule has 3 rings (SSSR count). The number of hydrogen-bond donors (Lipinski definition) is 3. The maximum atomic E-state index is 11.7. The van der Waals surface area contributed by atoms with Gasteiger partial charge >= 0.3 is 6.09 Å². The Hall–Kier alpha value is -2.65. The summed E-state index contributed by atoms with van der Waals surface area (Å²) in [5.41, 5.74) is 2.83. The maximum Gasteiger partial charge on any atom is 0.405 e. The van der Waals surface area contributed by atoms with E-state index in [9.17, 15) is 9.59 Å². The fraction of sp³-hybridized carbons (Fsp3) is 0.389. The summed E-state index contributed by atoms with van der Waals surface area (Å²) in [6.45, 7) is 5.50. The number of ether oxygens (including phenoxy) is 1. The Kier molecular flexibility index (Phi) is 5.92. The molecule has 1 fully saturated rings. The zero-order chi connectivity index (χ0) is 19.4. The number of carbonyl (C=O) groups excluding carboxylic acids is 1. The van der Waals surface area contributed by atoms with Gasteiger partial charge < -0.3 is 25.4 Å². The minimum Gasteiger partial charge on any atom is -0.465 e. The van der Waals surface area contributed by atoms with E-state index in [2.05, 4.69) is 41.2 Å². The molecule has 1 aromatic heterocycles. The summed E-state index contributed by atoms with van der Waals surface area (Å²) in [5.74, 6) is -0.455. The van der Waals surface area contributed by atoms with Gasteiger partial charge in [0.25, 0.3) is 0 Å². The quantitative estimate of drug-likeness (QED) is 0.725. The number of morpholine rings is 1. The lowest BCUT2D eigenvalue weighted by Gasteiger charge is -2.37. The number of carboxylic acid groups (broad SMARTS) is 1. The molecule has 2 amide bonds. The van der Waals surface area contributed by atoms with Crippen LogP contribution in [0.1, 0.15) is 13.8 Å². The van der Waals surface area contributed by atoms with Crippen LogP contribution in [-0.4, -0.2) is 53.9 Å². The number of rotatable bonds is 5. The van der Waals surface area contributed by atoms with Crippen molar-refractivity contribution >= 4 is 34.2 Å². The molecule has 1 aromatic carbocycles. The number of nitrogens with one attached hydrogen (secondary N) is 2. The second-order valence-corrected chi connectivity index (χ2v) is 7.32. The molecule has 0 saturated carbocycles. The molecule has 1 saturated heterocycles. The van der Waals surface area contributed by atoms with Crippen LogP contribution in [0.15, 0.2) is 29.6 Å². The molecule has 2 heterocycles. The molecule has 0 aliphatic carbocycles. The summed E-state index contributed by atoms with van der Waals surface area (Å²) in [6, 6.07) is 8.12. The van der Waals surface area contributed by atoms with Gasteiger partial charge in [-0.1, -0.05) is 12.1 Å². The Balaban J connectivity index is 1.69. The molecule has 2 aromatic rings. The second kappa shape index (κ2) is 8.36. The Labute approximate surface area is 161 Å². The minimum atomic E-state index is -1.24. The van der Waals surface area contributed by atoms with Crippen LogP contribution in [-0.2, 0) is 9.53 Å². The van der Waals surface area contributed by atoms with Crippen LogP contribution >= 0.6 is 11.3 Å². The highest BCUT2D eigenvalue weighted by Crippen LogP contribution is 2.29. The number of hydrogen-bond acceptors (Lipinski definition) is 6. The van der Waals surface area contributed by atoms with Crippen molar-refractivity contribution in [2.24, 2.45) is 0 Å². The molecule has 9 heteroatoms. The lowest BCUT2D eigenvalue weighted by atomic mass is 10.1. The highest BCUT2D eigenvalue weighted by Gasteiger charge is 2.22. The summed E-state index contributed by atoms with van der Waals surface area (Å²) in [6.07, 6.45) is -0.885. The molecule has 1 aliphatic heterocycles. The van der Waals surface area contributed by atoms with Crippen LogP contribution in [0.2, 0.25) is 0 Å². The normalized spacial score (nSPS) is 19.6. The summed E-state index contributed by atoms with van der Waals surface area (Å²) in [4.78, 5) is 28.9. The smallest absolute Gasteiger partial charge is 0.405 e. The third-order valence-corrected chi connectivity index (χ3v) is 4.84. The predicted molar refractivity (Wildman–Crippen MR) is 104 cm³/mol. The molecule has 8 nitrogen and oxygen atoms in total. The fourth-order valence-corrected chi connectivity index (χ4v) is 3.77. The lowest BCUT2D eigenvalue weighted by molar-refractivity contribution is -0.115. The number of nitrogens with zero attached hydrogens (tertiary/aromatic N) is 2. The SMILES string of the molecule is C[C@@H]1CN(c2cccc(-c3csc(NC(=O)CNC(=O)O)n3)c2)C[C@H](C)O1. The van der Waals surface area contributed by atoms with Crippen molar-refractivity contribution < 1.29 is 19.4 Å². The first-order chi connectivity index (χ1) is 12.9. The van der Waals surface area contributed by atoms with Gasteiger partial charge in [0.15, 0.2) is 5.13 Å². The molecule has 1 aliphatic rings. The average molecular weight is 390 g/mol. The number of aromatic nitrogens is 1. The van der Waals surface area contributed by atoms with Gasteiger partial charge in [0.05, 0.1) is 17.9 Å². The standard InChI is InChI=1S/C18H22N4O4S/c1-11-8-22(9-12(2)26-11)14-5-3-4-13(6-14)15-10-27-17(20-15)21-16(23)7-19-18(24)25/h3-6,10-12,19H,7-9H2,1-2H3,(H,24,25)(H,20,21,23)/t11-,12+. The Bertz CT molecular complexity index is 815. The first-order valence-corrected chi connectivity index (χ1v) is 9.51. The fourth-order valence-electron chi connectivity index (χ4n) is 3.03. The van der Waals surface area contributed by atoms with E-state index in [1.807, 2.05) is 22.8 Å². The van der Waals surface area contributed by atoms with Gasteiger partial charge in [-0.05, 0) is 26.0 Å². The van der Waals surface area contributed by atoms with E-state index in [4.69, 9.17) is 9.84 Å². The van der Waals surface area contributed by atoms with Crippen molar-refractivity contribution in [2.45, 2.75) is 26.1 Å². The van der Waals surface area contributed by atoms with Crippen LogP contribution in [0.4, 0.5) is 15.6 Å². The predicted octanol–water partition coefficient (Wildman–Crippen LogP) is 2.63. The van der Waals surface area contributed by atoms with E-state index >= 15 is 0 Å². The molecule has 0 unspecified atom stereocenters. The molecule has 27 heavy (non-hydrogen) atoms. The molecule has 2 atom stereocenters. The first kappa shape index (κ1) is 19.1. The zero-order valence-corrected chi connectivity index (χ0v) is 16.0. The van der Waals surface area contributed by atoms with Crippen LogP contribution < -0.4 is 15.5 Å². The molecular formula is C18H22N4O4S. The number of anilines is 2. The summed E-state index contributed by atoms with van der Waals surface area (Å²) in [5, 5.41) is 15.4. The van der Waals surface area contributed by atoms with Crippen molar-refractivity contribution in [1.82, 2.24) is 10.3 Å². The van der Waals surface area contributed by atoms with Crippen molar-refractivity contribution in [3.05, 3.63) is 29.6 Å². The summed E-state index contributed by atoms with van der Waals surface area (Å²) >= 11 is 1.30. The van der Waals surface area contributed by atoms with Crippen molar-refractivity contribution in [3.8, 4) is 11.3 Å². The van der Waals surface area contributed by atoms with Gasteiger partial charge in [-0.15, -0.1) is 11.3 Å². The minimum absolute atomic E-state index is 0.179. The van der Waals surface area contributed by atoms with Crippen molar-refractivity contribution in [2.75, 3.05) is 29.9 Å². The van der Waals surface area contributed by atoms with E-state index in [0.717, 1.165) is 30.0 Å². The topological polar surface area (TPSA) is 104 Å². The Morgan fingerprint density at radius 3 is 2.78 bits per heavy atom. The highest BCUT2D eigenvalue weighted by molar-refractivity contribution is 7.14. The van der Waals surface area contributed by atoms with Crippen LogP contribution in [0, 0.1) is 0 Å². The Morgan fingerprint density at radius 1 is 1.33 bits per heavy atom. The van der Waals surface area contributed by atoms with E-state index in [-0.39, 0.29) is 18.8 Å². The van der Waals surface area contributed by atoms with Crippen LogP contribution in [0.25, 0.3) is 11.3 Å². The summed E-state index contributed by atoms with van der Waals surface area (Å²) in [7, 11) is 0. The molecule has 0 radical (unpaired) electrons. The number of amides is 2. The zero-order valence-electron chi connectivity index (χ0n) is 15.1. The molecular weight excluding hydrogens is 368 g/mol. The molecule has 0 spiro atoms. The third kappa shape index (κ3) is 5.18. The van der Waals surface area contributed by atoms with Gasteiger partial charge in [0, 0.05) is 29.7 Å². The lowest BCUT2D eigenvalue weighted by Crippen LogP contribution is -2.45. The highest BCUT2D eigenvalue weighted by atomic mass is 32.1.